The van der Waals surface area contributed by atoms with Crippen LogP contribution in [0.3, 0.4) is 0 Å². The zero-order chi connectivity index (χ0) is 18.7. The summed E-state index contributed by atoms with van der Waals surface area (Å²) in [7, 11) is 1.22. The number of rotatable bonds is 6. The van der Waals surface area contributed by atoms with Gasteiger partial charge in [-0.1, -0.05) is 18.2 Å². The molecule has 136 valence electrons. The monoisotopic (exact) mass is 356 g/mol. The van der Waals surface area contributed by atoms with Crippen molar-refractivity contribution in [3.05, 3.63) is 57.8 Å². The van der Waals surface area contributed by atoms with Crippen molar-refractivity contribution in [3.8, 4) is 0 Å². The van der Waals surface area contributed by atoms with Crippen LogP contribution in [0.25, 0.3) is 0 Å². The predicted octanol–water partition coefficient (Wildman–Crippen LogP) is 2.64. The van der Waals surface area contributed by atoms with E-state index < -0.39 is 10.9 Å². The van der Waals surface area contributed by atoms with Gasteiger partial charge in [-0.25, -0.2) is 9.78 Å². The molecule has 2 heterocycles. The van der Waals surface area contributed by atoms with Crippen molar-refractivity contribution in [2.75, 3.05) is 30.4 Å². The Bertz CT molecular complexity index is 840. The fourth-order valence-electron chi connectivity index (χ4n) is 3.13. The topological polar surface area (TPSA) is 97.6 Å². The van der Waals surface area contributed by atoms with Gasteiger partial charge in [0.05, 0.1) is 17.6 Å². The number of carbonyl (C=O) groups is 1. The molecule has 2 aromatic rings. The van der Waals surface area contributed by atoms with Crippen LogP contribution >= 0.6 is 0 Å². The van der Waals surface area contributed by atoms with Gasteiger partial charge in [-0.2, -0.15) is 0 Å². The van der Waals surface area contributed by atoms with E-state index in [1.54, 1.807) is 0 Å². The molecule has 1 N–H and O–H groups in total. The minimum Gasteiger partial charge on any atom is -0.465 e. The number of nitrogens with zero attached hydrogens (tertiary/aromatic N) is 3. The number of anilines is 2. The summed E-state index contributed by atoms with van der Waals surface area (Å²) in [6.45, 7) is 3.46. The predicted molar refractivity (Wildman–Crippen MR) is 97.7 cm³/mol. The molecule has 0 aliphatic carbocycles. The first-order valence-corrected chi connectivity index (χ1v) is 8.32. The van der Waals surface area contributed by atoms with Gasteiger partial charge >= 0.3 is 11.7 Å². The van der Waals surface area contributed by atoms with Crippen LogP contribution in [0.4, 0.5) is 17.2 Å². The third kappa shape index (κ3) is 3.44. The number of aromatic nitrogens is 1. The number of carbonyl (C=O) groups excluding carboxylic acids is 1. The fourth-order valence-corrected chi connectivity index (χ4v) is 3.13. The number of hydrogen-bond donors (Lipinski definition) is 1. The molecule has 1 atom stereocenters. The van der Waals surface area contributed by atoms with E-state index in [4.69, 9.17) is 0 Å². The minimum absolute atomic E-state index is 0.0475. The lowest BCUT2D eigenvalue weighted by Gasteiger charge is -2.27. The number of fused-ring (bicyclic) bond motifs is 1. The Morgan fingerprint density at radius 1 is 1.46 bits per heavy atom. The highest BCUT2D eigenvalue weighted by molar-refractivity contribution is 5.90. The summed E-state index contributed by atoms with van der Waals surface area (Å²) in [4.78, 5) is 28.6. The maximum absolute atomic E-state index is 11.5. The third-order valence-electron chi connectivity index (χ3n) is 4.51. The van der Waals surface area contributed by atoms with E-state index in [2.05, 4.69) is 39.0 Å². The van der Waals surface area contributed by atoms with Gasteiger partial charge < -0.3 is 15.0 Å². The number of para-hydroxylation sites is 1. The van der Waals surface area contributed by atoms with Crippen molar-refractivity contribution in [1.82, 2.24) is 4.98 Å². The number of benzene rings is 1. The Labute approximate surface area is 150 Å². The lowest BCUT2D eigenvalue weighted by atomic mass is 10.2. The molecular formula is C18H20N4O4. The number of nitrogens with one attached hydrogen (secondary N) is 1. The second kappa shape index (κ2) is 7.38. The highest BCUT2D eigenvalue weighted by Gasteiger charge is 2.24. The Balaban J connectivity index is 1.73. The first-order chi connectivity index (χ1) is 12.5. The molecule has 8 heteroatoms. The quantitative estimate of drug-likeness (QED) is 0.483. The average molecular weight is 356 g/mol. The van der Waals surface area contributed by atoms with Gasteiger partial charge in [0.25, 0.3) is 0 Å². The van der Waals surface area contributed by atoms with E-state index in [9.17, 15) is 14.9 Å². The molecule has 1 unspecified atom stereocenters. The number of hydrogen-bond acceptors (Lipinski definition) is 7. The molecule has 0 bridgehead atoms. The molecule has 1 aliphatic heterocycles. The van der Waals surface area contributed by atoms with Crippen LogP contribution in [0.2, 0.25) is 0 Å². The third-order valence-corrected chi connectivity index (χ3v) is 4.51. The number of ether oxygens (including phenoxy) is 1. The Morgan fingerprint density at radius 2 is 2.23 bits per heavy atom. The standard InChI is InChI=1S/C18H20N4O4/c1-12(21-8-7-13-5-3-4-6-15(13)21)10-19-17-16(22(24)25)9-14(11-20-17)18(23)26-2/h3-6,9,11-12H,7-8,10H2,1-2H3,(H,19,20). The Hall–Kier alpha value is -3.16. The van der Waals surface area contributed by atoms with Crippen molar-refractivity contribution in [2.45, 2.75) is 19.4 Å². The number of nitro groups is 1. The molecule has 1 aromatic carbocycles. The second-order valence-electron chi connectivity index (χ2n) is 6.14. The molecule has 0 saturated carbocycles. The summed E-state index contributed by atoms with van der Waals surface area (Å²) in [6.07, 6.45) is 2.27. The maximum Gasteiger partial charge on any atom is 0.339 e. The molecule has 1 aromatic heterocycles. The zero-order valence-electron chi connectivity index (χ0n) is 14.6. The van der Waals surface area contributed by atoms with Gasteiger partial charge in [0, 0.05) is 37.1 Å². The largest absolute Gasteiger partial charge is 0.465 e. The minimum atomic E-state index is -0.658. The SMILES string of the molecule is COC(=O)c1cnc(NCC(C)N2CCc3ccccc32)c([N+](=O)[O-])c1. The van der Waals surface area contributed by atoms with Crippen LogP contribution in [-0.2, 0) is 11.2 Å². The summed E-state index contributed by atoms with van der Waals surface area (Å²) >= 11 is 0. The van der Waals surface area contributed by atoms with Crippen molar-refractivity contribution in [3.63, 3.8) is 0 Å². The highest BCUT2D eigenvalue weighted by Crippen LogP contribution is 2.29. The fraction of sp³-hybridized carbons (Fsp3) is 0.333. The molecule has 8 nitrogen and oxygen atoms in total. The average Bonchev–Trinajstić information content (AvgIpc) is 3.09. The van der Waals surface area contributed by atoms with Crippen molar-refractivity contribution in [1.29, 1.82) is 0 Å². The van der Waals surface area contributed by atoms with E-state index in [0.29, 0.717) is 6.54 Å². The molecule has 0 spiro atoms. The molecular weight excluding hydrogens is 336 g/mol. The molecule has 0 radical (unpaired) electrons. The summed E-state index contributed by atoms with van der Waals surface area (Å²) in [5.41, 5.74) is 2.31. The number of methoxy groups -OCH3 is 1. The summed E-state index contributed by atoms with van der Waals surface area (Å²) in [5, 5.41) is 14.4. The van der Waals surface area contributed by atoms with E-state index in [1.807, 2.05) is 12.1 Å². The normalized spacial score (nSPS) is 13.8. The Kier molecular flexibility index (Phi) is 5.01. The second-order valence-corrected chi connectivity index (χ2v) is 6.14. The smallest absolute Gasteiger partial charge is 0.339 e. The van der Waals surface area contributed by atoms with Gasteiger partial charge in [-0.15, -0.1) is 0 Å². The van der Waals surface area contributed by atoms with Crippen LogP contribution in [0.5, 0.6) is 0 Å². The molecule has 26 heavy (non-hydrogen) atoms. The van der Waals surface area contributed by atoms with Crippen LogP contribution < -0.4 is 10.2 Å². The zero-order valence-corrected chi connectivity index (χ0v) is 14.6. The van der Waals surface area contributed by atoms with Gasteiger partial charge in [0.2, 0.25) is 5.82 Å². The Morgan fingerprint density at radius 3 is 2.96 bits per heavy atom. The molecule has 1 aliphatic rings. The van der Waals surface area contributed by atoms with Crippen molar-refractivity contribution in [2.24, 2.45) is 0 Å². The van der Waals surface area contributed by atoms with Crippen LogP contribution in [0, 0.1) is 10.1 Å². The van der Waals surface area contributed by atoms with Crippen LogP contribution in [-0.4, -0.2) is 42.1 Å². The maximum atomic E-state index is 11.5. The molecule has 0 amide bonds. The molecule has 0 fully saturated rings. The van der Waals surface area contributed by atoms with Gasteiger partial charge in [0.1, 0.15) is 0 Å². The molecule has 3 rings (SSSR count). The van der Waals surface area contributed by atoms with Gasteiger partial charge in [0.15, 0.2) is 0 Å². The van der Waals surface area contributed by atoms with Crippen LogP contribution in [0.1, 0.15) is 22.8 Å². The highest BCUT2D eigenvalue weighted by atomic mass is 16.6. The van der Waals surface area contributed by atoms with Crippen molar-refractivity contribution < 1.29 is 14.5 Å². The van der Waals surface area contributed by atoms with E-state index >= 15 is 0 Å². The van der Waals surface area contributed by atoms with Crippen LogP contribution in [0.15, 0.2) is 36.5 Å². The van der Waals surface area contributed by atoms with E-state index in [-0.39, 0.29) is 23.1 Å². The summed E-state index contributed by atoms with van der Waals surface area (Å²) in [6, 6.07) is 9.55. The summed E-state index contributed by atoms with van der Waals surface area (Å²) < 4.78 is 4.58. The van der Waals surface area contributed by atoms with Crippen molar-refractivity contribution >= 4 is 23.2 Å². The van der Waals surface area contributed by atoms with Gasteiger partial charge in [-0.3, -0.25) is 10.1 Å². The lowest BCUT2D eigenvalue weighted by molar-refractivity contribution is -0.384. The lowest BCUT2D eigenvalue weighted by Crippen LogP contribution is -2.36. The summed E-state index contributed by atoms with van der Waals surface area (Å²) in [5.74, 6) is -0.517. The number of esters is 1. The molecule has 0 saturated heterocycles. The first kappa shape index (κ1) is 17.7. The first-order valence-electron chi connectivity index (χ1n) is 8.32. The van der Waals surface area contributed by atoms with Gasteiger partial charge in [-0.05, 0) is 25.0 Å². The number of pyridine rings is 1. The van der Waals surface area contributed by atoms with E-state index in [1.165, 1.54) is 30.6 Å². The van der Waals surface area contributed by atoms with E-state index in [0.717, 1.165) is 13.0 Å².